The molecule has 0 N–H and O–H groups in total. The van der Waals surface area contributed by atoms with Gasteiger partial charge in [-0.25, -0.2) is 0 Å². The highest BCUT2D eigenvalue weighted by Crippen LogP contribution is 2.32. The Bertz CT molecular complexity index is 460. The van der Waals surface area contributed by atoms with E-state index in [1.807, 2.05) is 12.1 Å². The normalized spacial score (nSPS) is 14.1. The van der Waals surface area contributed by atoms with Crippen LogP contribution in [0.3, 0.4) is 0 Å². The number of carbonyl (C=O) groups excluding carboxylic acids is 1. The van der Waals surface area contributed by atoms with Crippen LogP contribution in [0.25, 0.3) is 0 Å². The smallest absolute Gasteiger partial charge is 0.151 e. The number of nitrogens with zero attached hydrogens (tertiary/aromatic N) is 1. The number of anilines is 1. The molecule has 0 aliphatic heterocycles. The molecule has 1 aromatic carbocycles. The summed E-state index contributed by atoms with van der Waals surface area (Å²) in [6, 6.07) is 5.45. The highest BCUT2D eigenvalue weighted by atomic mass is 35.5. The summed E-state index contributed by atoms with van der Waals surface area (Å²) in [4.78, 5) is 12.8. The monoisotopic (exact) mass is 247 g/mol. The molecule has 0 heterocycles. The summed E-state index contributed by atoms with van der Waals surface area (Å²) in [6.07, 6.45) is 8.70. The minimum absolute atomic E-state index is 0.482. The van der Waals surface area contributed by atoms with Crippen LogP contribution in [-0.2, 0) is 0 Å². The zero-order valence-corrected chi connectivity index (χ0v) is 10.3. The first-order valence-electron chi connectivity index (χ1n) is 5.67. The molecule has 0 spiro atoms. The van der Waals surface area contributed by atoms with Gasteiger partial charge in [0.05, 0.1) is 11.6 Å². The van der Waals surface area contributed by atoms with Crippen molar-refractivity contribution < 1.29 is 4.79 Å². The second kappa shape index (κ2) is 5.25. The van der Waals surface area contributed by atoms with Crippen molar-refractivity contribution in [2.75, 3.05) is 18.0 Å². The van der Waals surface area contributed by atoms with Crippen molar-refractivity contribution in [3.8, 4) is 12.3 Å². The van der Waals surface area contributed by atoms with Gasteiger partial charge < -0.3 is 4.90 Å². The first kappa shape index (κ1) is 12.0. The highest BCUT2D eigenvalue weighted by Gasteiger charge is 2.24. The lowest BCUT2D eigenvalue weighted by molar-refractivity contribution is 0.112. The van der Waals surface area contributed by atoms with Crippen molar-refractivity contribution in [2.24, 2.45) is 5.92 Å². The second-order valence-electron chi connectivity index (χ2n) is 4.35. The summed E-state index contributed by atoms with van der Waals surface area (Å²) >= 11 is 6.02. The van der Waals surface area contributed by atoms with E-state index in [2.05, 4.69) is 10.8 Å². The molecule has 2 rings (SSSR count). The average molecular weight is 248 g/mol. The summed E-state index contributed by atoms with van der Waals surface area (Å²) in [5, 5.41) is 0.482. The van der Waals surface area contributed by atoms with Crippen LogP contribution in [0, 0.1) is 18.3 Å². The fraction of sp³-hybridized carbons (Fsp3) is 0.357. The molecular weight excluding hydrogens is 234 g/mol. The molecule has 3 heteroatoms. The van der Waals surface area contributed by atoms with Crippen molar-refractivity contribution in [1.29, 1.82) is 0 Å². The SMILES string of the molecule is C#CCN(CC1CC1)c1ccc(C=O)c(Cl)c1. The molecule has 0 unspecified atom stereocenters. The molecule has 88 valence electrons. The number of benzene rings is 1. The van der Waals surface area contributed by atoms with Crippen molar-refractivity contribution in [1.82, 2.24) is 0 Å². The van der Waals surface area contributed by atoms with Gasteiger partial charge >= 0.3 is 0 Å². The quantitative estimate of drug-likeness (QED) is 0.589. The van der Waals surface area contributed by atoms with Gasteiger partial charge in [-0.2, -0.15) is 0 Å². The Morgan fingerprint density at radius 1 is 1.53 bits per heavy atom. The molecule has 0 atom stereocenters. The number of carbonyl (C=O) groups is 1. The minimum atomic E-state index is 0.482. The third-order valence-corrected chi connectivity index (χ3v) is 3.26. The Hall–Kier alpha value is -1.46. The van der Waals surface area contributed by atoms with E-state index < -0.39 is 0 Å². The topological polar surface area (TPSA) is 20.3 Å². The van der Waals surface area contributed by atoms with E-state index in [1.165, 1.54) is 12.8 Å². The molecule has 0 saturated heterocycles. The molecule has 0 bridgehead atoms. The van der Waals surface area contributed by atoms with Crippen LogP contribution in [0.4, 0.5) is 5.69 Å². The van der Waals surface area contributed by atoms with Gasteiger partial charge in [0.25, 0.3) is 0 Å². The van der Waals surface area contributed by atoms with E-state index in [0.29, 0.717) is 17.1 Å². The minimum Gasteiger partial charge on any atom is -0.360 e. The van der Waals surface area contributed by atoms with Gasteiger partial charge in [-0.15, -0.1) is 6.42 Å². The molecule has 1 aromatic rings. The summed E-state index contributed by atoms with van der Waals surface area (Å²) in [5.74, 6) is 3.42. The van der Waals surface area contributed by atoms with Crippen LogP contribution in [0.5, 0.6) is 0 Å². The Morgan fingerprint density at radius 2 is 2.29 bits per heavy atom. The zero-order chi connectivity index (χ0) is 12.3. The van der Waals surface area contributed by atoms with Crippen LogP contribution in [0.2, 0.25) is 5.02 Å². The average Bonchev–Trinajstić information content (AvgIpc) is 3.12. The van der Waals surface area contributed by atoms with Crippen molar-refractivity contribution >= 4 is 23.6 Å². The highest BCUT2D eigenvalue weighted by molar-refractivity contribution is 6.33. The molecule has 1 fully saturated rings. The molecule has 0 radical (unpaired) electrons. The van der Waals surface area contributed by atoms with Crippen molar-refractivity contribution in [3.63, 3.8) is 0 Å². The van der Waals surface area contributed by atoms with Gasteiger partial charge in [-0.3, -0.25) is 4.79 Å². The lowest BCUT2D eigenvalue weighted by atomic mass is 10.2. The fourth-order valence-corrected chi connectivity index (χ4v) is 2.01. The molecule has 0 aromatic heterocycles. The number of hydrogen-bond acceptors (Lipinski definition) is 2. The van der Waals surface area contributed by atoms with E-state index in [4.69, 9.17) is 18.0 Å². The summed E-state index contributed by atoms with van der Waals surface area (Å²) in [5.41, 5.74) is 1.51. The fourth-order valence-electron chi connectivity index (χ4n) is 1.79. The van der Waals surface area contributed by atoms with Gasteiger partial charge in [-0.05, 0) is 37.0 Å². The molecule has 2 nitrogen and oxygen atoms in total. The predicted molar refractivity (Wildman–Crippen MR) is 70.6 cm³/mol. The van der Waals surface area contributed by atoms with Gasteiger partial charge in [0.15, 0.2) is 6.29 Å². The summed E-state index contributed by atoms with van der Waals surface area (Å²) in [6.45, 7) is 1.55. The van der Waals surface area contributed by atoms with Crippen LogP contribution >= 0.6 is 11.6 Å². The number of halogens is 1. The largest absolute Gasteiger partial charge is 0.360 e. The predicted octanol–water partition coefficient (Wildman–Crippen LogP) is 3.00. The van der Waals surface area contributed by atoms with Gasteiger partial charge in [0.2, 0.25) is 0 Å². The van der Waals surface area contributed by atoms with E-state index >= 15 is 0 Å². The third kappa shape index (κ3) is 3.01. The van der Waals surface area contributed by atoms with Gasteiger partial charge in [0, 0.05) is 17.8 Å². The van der Waals surface area contributed by atoms with Crippen LogP contribution in [-0.4, -0.2) is 19.4 Å². The van der Waals surface area contributed by atoms with Crippen molar-refractivity contribution in [3.05, 3.63) is 28.8 Å². The first-order valence-corrected chi connectivity index (χ1v) is 6.05. The number of aldehydes is 1. The zero-order valence-electron chi connectivity index (χ0n) is 9.53. The molecule has 1 aliphatic carbocycles. The van der Waals surface area contributed by atoms with E-state index in [1.54, 1.807) is 6.07 Å². The molecule has 17 heavy (non-hydrogen) atoms. The van der Waals surface area contributed by atoms with E-state index in [9.17, 15) is 4.79 Å². The molecule has 0 amide bonds. The second-order valence-corrected chi connectivity index (χ2v) is 4.76. The molecule has 1 aliphatic rings. The van der Waals surface area contributed by atoms with Crippen LogP contribution in [0.1, 0.15) is 23.2 Å². The number of hydrogen-bond donors (Lipinski definition) is 0. The van der Waals surface area contributed by atoms with Gasteiger partial charge in [-0.1, -0.05) is 17.5 Å². The molecular formula is C14H14ClNO. The molecule has 1 saturated carbocycles. The Labute approximate surface area is 107 Å². The lowest BCUT2D eigenvalue weighted by Crippen LogP contribution is -2.26. The lowest BCUT2D eigenvalue weighted by Gasteiger charge is -2.22. The number of rotatable bonds is 5. The Balaban J connectivity index is 2.19. The summed E-state index contributed by atoms with van der Waals surface area (Å²) < 4.78 is 0. The standard InChI is InChI=1S/C14H14ClNO/c1-2-7-16(9-11-3-4-11)13-6-5-12(10-17)14(15)8-13/h1,5-6,8,10-11H,3-4,7,9H2. The van der Waals surface area contributed by atoms with E-state index in [0.717, 1.165) is 24.4 Å². The van der Waals surface area contributed by atoms with Crippen molar-refractivity contribution in [2.45, 2.75) is 12.8 Å². The maximum absolute atomic E-state index is 10.7. The van der Waals surface area contributed by atoms with Gasteiger partial charge in [0.1, 0.15) is 0 Å². The maximum Gasteiger partial charge on any atom is 0.151 e. The summed E-state index contributed by atoms with van der Waals surface area (Å²) in [7, 11) is 0. The number of terminal acetylenes is 1. The maximum atomic E-state index is 10.7. The van der Waals surface area contributed by atoms with E-state index in [-0.39, 0.29) is 0 Å². The van der Waals surface area contributed by atoms with Crippen LogP contribution in [0.15, 0.2) is 18.2 Å². The first-order chi connectivity index (χ1) is 8.24. The third-order valence-electron chi connectivity index (χ3n) is 2.93. The Morgan fingerprint density at radius 3 is 2.82 bits per heavy atom. The van der Waals surface area contributed by atoms with Crippen LogP contribution < -0.4 is 4.90 Å². The Kier molecular flexibility index (Phi) is 3.71.